The van der Waals surface area contributed by atoms with E-state index in [4.69, 9.17) is 9.15 Å². The zero-order valence-corrected chi connectivity index (χ0v) is 12.7. The summed E-state index contributed by atoms with van der Waals surface area (Å²) in [5, 5.41) is 0. The van der Waals surface area contributed by atoms with Crippen LogP contribution in [0.25, 0.3) is 0 Å². The lowest BCUT2D eigenvalue weighted by Crippen LogP contribution is -2.39. The number of ether oxygens (including phenoxy) is 1. The highest BCUT2D eigenvalue weighted by molar-refractivity contribution is 5.94. The molecule has 21 heavy (non-hydrogen) atoms. The fourth-order valence-electron chi connectivity index (χ4n) is 2.42. The van der Waals surface area contributed by atoms with Crippen molar-refractivity contribution in [3.05, 3.63) is 54.0 Å². The van der Waals surface area contributed by atoms with Crippen LogP contribution in [0.3, 0.4) is 0 Å². The second-order valence-corrected chi connectivity index (χ2v) is 5.00. The molecule has 4 heteroatoms. The topological polar surface area (TPSA) is 42.7 Å². The van der Waals surface area contributed by atoms with Gasteiger partial charge in [0.15, 0.2) is 0 Å². The van der Waals surface area contributed by atoms with Crippen LogP contribution in [0.4, 0.5) is 0 Å². The Kier molecular flexibility index (Phi) is 5.04. The number of likely N-dealkylation sites (N-methyl/N-ethyl adjacent to an activating group) is 1. The number of carbonyl (C=O) groups excluding carboxylic acids is 1. The summed E-state index contributed by atoms with van der Waals surface area (Å²) in [6.45, 7) is 4.72. The fourth-order valence-corrected chi connectivity index (χ4v) is 2.42. The zero-order valence-electron chi connectivity index (χ0n) is 12.7. The Morgan fingerprint density at radius 2 is 2.00 bits per heavy atom. The van der Waals surface area contributed by atoms with Crippen molar-refractivity contribution in [2.45, 2.75) is 26.3 Å². The van der Waals surface area contributed by atoms with Gasteiger partial charge in [0.25, 0.3) is 5.91 Å². The first kappa shape index (κ1) is 15.2. The number of hydrogen-bond donors (Lipinski definition) is 0. The summed E-state index contributed by atoms with van der Waals surface area (Å²) in [4.78, 5) is 14.3. The summed E-state index contributed by atoms with van der Waals surface area (Å²) >= 11 is 0. The third kappa shape index (κ3) is 3.66. The second kappa shape index (κ2) is 6.97. The summed E-state index contributed by atoms with van der Waals surface area (Å²) < 4.78 is 10.1. The Labute approximate surface area is 125 Å². The van der Waals surface area contributed by atoms with E-state index in [1.807, 2.05) is 36.1 Å². The van der Waals surface area contributed by atoms with E-state index in [0.29, 0.717) is 12.1 Å². The van der Waals surface area contributed by atoms with Crippen LogP contribution in [-0.2, 0) is 6.42 Å². The maximum atomic E-state index is 12.4. The number of benzene rings is 1. The summed E-state index contributed by atoms with van der Waals surface area (Å²) in [6.07, 6.45) is 3.82. The predicted octanol–water partition coefficient (Wildman–Crippen LogP) is 3.38. The average molecular weight is 287 g/mol. The van der Waals surface area contributed by atoms with Crippen molar-refractivity contribution < 1.29 is 13.9 Å². The van der Waals surface area contributed by atoms with E-state index in [2.05, 4.69) is 6.92 Å². The molecule has 4 nitrogen and oxygen atoms in total. The van der Waals surface area contributed by atoms with Crippen LogP contribution in [-0.4, -0.2) is 30.5 Å². The molecule has 0 spiro atoms. The third-order valence-electron chi connectivity index (χ3n) is 3.59. The molecular weight excluding hydrogens is 266 g/mol. The highest BCUT2D eigenvalue weighted by Crippen LogP contribution is 2.16. The SMILES string of the molecule is CCN(C(=O)c1ccoc1)[C@@H](C)Cc1ccc(OC)cc1. The standard InChI is InChI=1S/C17H21NO3/c1-4-18(17(19)15-9-10-21-12-15)13(2)11-14-5-7-16(20-3)8-6-14/h5-10,12-13H,4,11H2,1-3H3/t13-/m0/s1. The highest BCUT2D eigenvalue weighted by Gasteiger charge is 2.20. The minimum atomic E-state index is 0.00672. The van der Waals surface area contributed by atoms with Crippen molar-refractivity contribution >= 4 is 5.91 Å². The van der Waals surface area contributed by atoms with Gasteiger partial charge in [-0.15, -0.1) is 0 Å². The van der Waals surface area contributed by atoms with Crippen LogP contribution in [0, 0.1) is 0 Å². The third-order valence-corrected chi connectivity index (χ3v) is 3.59. The number of methoxy groups -OCH3 is 1. The number of hydrogen-bond acceptors (Lipinski definition) is 3. The first-order valence-corrected chi connectivity index (χ1v) is 7.11. The maximum Gasteiger partial charge on any atom is 0.257 e. The van der Waals surface area contributed by atoms with Crippen LogP contribution in [0.15, 0.2) is 47.3 Å². The van der Waals surface area contributed by atoms with Crippen LogP contribution in [0.2, 0.25) is 0 Å². The number of carbonyl (C=O) groups is 1. The molecule has 1 amide bonds. The Morgan fingerprint density at radius 1 is 1.29 bits per heavy atom. The molecule has 112 valence electrons. The number of amides is 1. The number of nitrogens with zero attached hydrogens (tertiary/aromatic N) is 1. The minimum Gasteiger partial charge on any atom is -0.497 e. The first-order valence-electron chi connectivity index (χ1n) is 7.11. The smallest absolute Gasteiger partial charge is 0.257 e. The molecule has 0 unspecified atom stereocenters. The Hall–Kier alpha value is -2.23. The molecule has 1 heterocycles. The van der Waals surface area contributed by atoms with Gasteiger partial charge in [0.1, 0.15) is 12.0 Å². The van der Waals surface area contributed by atoms with E-state index < -0.39 is 0 Å². The predicted molar refractivity (Wildman–Crippen MR) is 81.6 cm³/mol. The molecule has 1 atom stereocenters. The molecule has 0 aliphatic rings. The molecule has 2 rings (SSSR count). The molecule has 0 fully saturated rings. The zero-order chi connectivity index (χ0) is 15.2. The molecule has 1 aromatic heterocycles. The Morgan fingerprint density at radius 3 is 2.52 bits per heavy atom. The number of furan rings is 1. The lowest BCUT2D eigenvalue weighted by Gasteiger charge is -2.28. The molecule has 0 saturated heterocycles. The fraction of sp³-hybridized carbons (Fsp3) is 0.353. The Balaban J connectivity index is 2.05. The van der Waals surface area contributed by atoms with E-state index in [0.717, 1.165) is 12.2 Å². The van der Waals surface area contributed by atoms with E-state index in [1.165, 1.54) is 18.1 Å². The molecule has 0 radical (unpaired) electrons. The van der Waals surface area contributed by atoms with Gasteiger partial charge in [0, 0.05) is 12.6 Å². The van der Waals surface area contributed by atoms with Crippen molar-refractivity contribution in [2.75, 3.05) is 13.7 Å². The van der Waals surface area contributed by atoms with E-state index in [9.17, 15) is 4.79 Å². The second-order valence-electron chi connectivity index (χ2n) is 5.00. The van der Waals surface area contributed by atoms with Crippen LogP contribution in [0.5, 0.6) is 5.75 Å². The van der Waals surface area contributed by atoms with Crippen LogP contribution >= 0.6 is 0 Å². The van der Waals surface area contributed by atoms with Gasteiger partial charge in [-0.3, -0.25) is 4.79 Å². The summed E-state index contributed by atoms with van der Waals surface area (Å²) in [5.41, 5.74) is 1.78. The van der Waals surface area contributed by atoms with Crippen molar-refractivity contribution in [2.24, 2.45) is 0 Å². The van der Waals surface area contributed by atoms with Crippen molar-refractivity contribution in [1.29, 1.82) is 0 Å². The highest BCUT2D eigenvalue weighted by atomic mass is 16.5. The van der Waals surface area contributed by atoms with Gasteiger partial charge in [-0.2, -0.15) is 0 Å². The summed E-state index contributed by atoms with van der Waals surface area (Å²) in [5.74, 6) is 0.848. The van der Waals surface area contributed by atoms with Gasteiger partial charge < -0.3 is 14.1 Å². The normalized spacial score (nSPS) is 12.0. The van der Waals surface area contributed by atoms with Gasteiger partial charge in [-0.25, -0.2) is 0 Å². The number of rotatable bonds is 6. The van der Waals surface area contributed by atoms with Crippen molar-refractivity contribution in [1.82, 2.24) is 4.90 Å². The van der Waals surface area contributed by atoms with E-state index in [1.54, 1.807) is 13.2 Å². The monoisotopic (exact) mass is 287 g/mol. The van der Waals surface area contributed by atoms with Gasteiger partial charge >= 0.3 is 0 Å². The van der Waals surface area contributed by atoms with E-state index >= 15 is 0 Å². The van der Waals surface area contributed by atoms with Crippen LogP contribution in [0.1, 0.15) is 29.8 Å². The average Bonchev–Trinajstić information content (AvgIpc) is 3.03. The molecular formula is C17H21NO3. The molecule has 0 bridgehead atoms. The molecule has 0 aliphatic heterocycles. The first-order chi connectivity index (χ1) is 10.2. The molecule has 0 aliphatic carbocycles. The Bertz CT molecular complexity index is 560. The minimum absolute atomic E-state index is 0.00672. The van der Waals surface area contributed by atoms with Gasteiger partial charge in [0.2, 0.25) is 0 Å². The van der Waals surface area contributed by atoms with E-state index in [-0.39, 0.29) is 11.9 Å². The lowest BCUT2D eigenvalue weighted by atomic mass is 10.1. The molecule has 0 N–H and O–H groups in total. The largest absolute Gasteiger partial charge is 0.497 e. The van der Waals surface area contributed by atoms with Gasteiger partial charge in [-0.05, 0) is 44.0 Å². The van der Waals surface area contributed by atoms with Crippen molar-refractivity contribution in [3.63, 3.8) is 0 Å². The summed E-state index contributed by atoms with van der Waals surface area (Å²) in [7, 11) is 1.65. The molecule has 0 saturated carbocycles. The lowest BCUT2D eigenvalue weighted by molar-refractivity contribution is 0.0702. The van der Waals surface area contributed by atoms with Gasteiger partial charge in [0.05, 0.1) is 18.9 Å². The maximum absolute atomic E-state index is 12.4. The summed E-state index contributed by atoms with van der Waals surface area (Å²) in [6, 6.07) is 9.76. The molecule has 1 aromatic carbocycles. The van der Waals surface area contributed by atoms with Gasteiger partial charge in [-0.1, -0.05) is 12.1 Å². The van der Waals surface area contributed by atoms with Crippen molar-refractivity contribution in [3.8, 4) is 5.75 Å². The quantitative estimate of drug-likeness (QED) is 0.818. The van der Waals surface area contributed by atoms with Crippen LogP contribution < -0.4 is 4.74 Å². The molecule has 2 aromatic rings.